The molecule has 0 saturated heterocycles. The SMILES string of the molecule is [CH2]C(C)C12CCC(CC1)C2. The zero-order chi connectivity index (χ0) is 7.19. The van der Waals surface area contributed by atoms with E-state index in [0.717, 1.165) is 5.92 Å². The number of hydrogen-bond donors (Lipinski definition) is 0. The van der Waals surface area contributed by atoms with Crippen LogP contribution < -0.4 is 0 Å². The third-order valence-corrected chi connectivity index (χ3v) is 3.84. The molecule has 1 unspecified atom stereocenters. The van der Waals surface area contributed by atoms with Gasteiger partial charge in [0.2, 0.25) is 0 Å². The minimum atomic E-state index is 0.694. The molecule has 0 heterocycles. The molecular weight excluding hydrogens is 120 g/mol. The first-order valence-corrected chi connectivity index (χ1v) is 4.56. The largest absolute Gasteiger partial charge is 0.0620 e. The summed E-state index contributed by atoms with van der Waals surface area (Å²) in [5.74, 6) is 1.78. The van der Waals surface area contributed by atoms with Gasteiger partial charge in [-0.2, -0.15) is 0 Å². The van der Waals surface area contributed by atoms with Crippen molar-refractivity contribution in [3.05, 3.63) is 6.92 Å². The molecule has 0 aromatic heterocycles. The number of rotatable bonds is 1. The van der Waals surface area contributed by atoms with Crippen LogP contribution in [-0.2, 0) is 0 Å². The molecule has 1 atom stereocenters. The Hall–Kier alpha value is 0. The second-order valence-electron chi connectivity index (χ2n) is 4.41. The van der Waals surface area contributed by atoms with Crippen LogP contribution in [0.2, 0.25) is 0 Å². The molecule has 2 aliphatic carbocycles. The lowest BCUT2D eigenvalue weighted by Gasteiger charge is -2.30. The van der Waals surface area contributed by atoms with E-state index in [9.17, 15) is 0 Å². The van der Waals surface area contributed by atoms with Gasteiger partial charge in [0.25, 0.3) is 0 Å². The Bertz CT molecular complexity index is 127. The first kappa shape index (κ1) is 6.69. The van der Waals surface area contributed by atoms with E-state index in [1.165, 1.54) is 32.1 Å². The summed E-state index contributed by atoms with van der Waals surface area (Å²) in [5.41, 5.74) is 0.699. The second-order valence-corrected chi connectivity index (χ2v) is 4.41. The third-order valence-electron chi connectivity index (χ3n) is 3.84. The van der Waals surface area contributed by atoms with Crippen LogP contribution in [0.4, 0.5) is 0 Å². The zero-order valence-electron chi connectivity index (χ0n) is 6.90. The summed E-state index contributed by atoms with van der Waals surface area (Å²) < 4.78 is 0. The Kier molecular flexibility index (Phi) is 1.33. The highest BCUT2D eigenvalue weighted by molar-refractivity contribution is 4.98. The molecular formula is C10H17. The average Bonchev–Trinajstić information content (AvgIpc) is 2.45. The van der Waals surface area contributed by atoms with Crippen molar-refractivity contribution in [2.45, 2.75) is 39.0 Å². The van der Waals surface area contributed by atoms with Crippen molar-refractivity contribution >= 4 is 0 Å². The van der Waals surface area contributed by atoms with Gasteiger partial charge in [0.1, 0.15) is 0 Å². The molecule has 2 fully saturated rings. The van der Waals surface area contributed by atoms with Gasteiger partial charge < -0.3 is 0 Å². The molecule has 0 heteroatoms. The molecule has 0 aromatic rings. The summed E-state index contributed by atoms with van der Waals surface area (Å²) in [6.07, 6.45) is 7.45. The maximum Gasteiger partial charge on any atom is -0.0269 e. The maximum atomic E-state index is 4.19. The quantitative estimate of drug-likeness (QED) is 0.521. The van der Waals surface area contributed by atoms with Crippen molar-refractivity contribution in [3.8, 4) is 0 Å². The van der Waals surface area contributed by atoms with E-state index in [0.29, 0.717) is 11.3 Å². The molecule has 57 valence electrons. The van der Waals surface area contributed by atoms with Gasteiger partial charge in [0.05, 0.1) is 0 Å². The van der Waals surface area contributed by atoms with Gasteiger partial charge in [-0.3, -0.25) is 0 Å². The van der Waals surface area contributed by atoms with Crippen molar-refractivity contribution in [2.75, 3.05) is 0 Å². The topological polar surface area (TPSA) is 0 Å². The molecule has 2 bridgehead atoms. The average molecular weight is 137 g/mol. The molecule has 10 heavy (non-hydrogen) atoms. The van der Waals surface area contributed by atoms with Gasteiger partial charge in [0.15, 0.2) is 0 Å². The lowest BCUT2D eigenvalue weighted by atomic mass is 9.75. The van der Waals surface area contributed by atoms with Crippen LogP contribution in [0.5, 0.6) is 0 Å². The molecule has 0 spiro atoms. The van der Waals surface area contributed by atoms with Crippen molar-refractivity contribution in [1.82, 2.24) is 0 Å². The lowest BCUT2D eigenvalue weighted by Crippen LogP contribution is -2.21. The van der Waals surface area contributed by atoms with E-state index in [1.807, 2.05) is 0 Å². The van der Waals surface area contributed by atoms with Crippen LogP contribution in [0, 0.1) is 24.2 Å². The molecule has 0 aliphatic heterocycles. The Morgan fingerprint density at radius 1 is 1.40 bits per heavy atom. The van der Waals surface area contributed by atoms with Gasteiger partial charge in [-0.05, 0) is 56.3 Å². The van der Waals surface area contributed by atoms with E-state index in [-0.39, 0.29) is 0 Å². The van der Waals surface area contributed by atoms with E-state index in [4.69, 9.17) is 0 Å². The predicted octanol–water partition coefficient (Wildman–Crippen LogP) is 3.04. The highest BCUT2D eigenvalue weighted by Gasteiger charge is 2.46. The molecule has 2 saturated carbocycles. The molecule has 2 rings (SSSR count). The van der Waals surface area contributed by atoms with Crippen molar-refractivity contribution in [2.24, 2.45) is 17.3 Å². The van der Waals surface area contributed by atoms with Gasteiger partial charge in [-0.1, -0.05) is 6.92 Å². The third kappa shape index (κ3) is 0.741. The summed E-state index contributed by atoms with van der Waals surface area (Å²) >= 11 is 0. The van der Waals surface area contributed by atoms with Gasteiger partial charge in [-0.15, -0.1) is 0 Å². The van der Waals surface area contributed by atoms with Gasteiger partial charge in [-0.25, -0.2) is 0 Å². The molecule has 0 N–H and O–H groups in total. The Balaban J connectivity index is 2.15. The van der Waals surface area contributed by atoms with Gasteiger partial charge >= 0.3 is 0 Å². The number of fused-ring (bicyclic) bond motifs is 2. The smallest absolute Gasteiger partial charge is 0.0269 e. The minimum absolute atomic E-state index is 0.694. The molecule has 0 amide bonds. The molecule has 2 aliphatic rings. The van der Waals surface area contributed by atoms with Crippen molar-refractivity contribution < 1.29 is 0 Å². The molecule has 1 radical (unpaired) electrons. The van der Waals surface area contributed by atoms with Gasteiger partial charge in [0, 0.05) is 0 Å². The summed E-state index contributed by atoms with van der Waals surface area (Å²) in [5, 5.41) is 0. The van der Waals surface area contributed by atoms with E-state index >= 15 is 0 Å². The molecule has 0 aromatic carbocycles. The maximum absolute atomic E-state index is 4.19. The second kappa shape index (κ2) is 1.99. The van der Waals surface area contributed by atoms with Crippen molar-refractivity contribution in [1.29, 1.82) is 0 Å². The normalized spacial score (nSPS) is 45.3. The highest BCUT2D eigenvalue weighted by atomic mass is 14.5. The first-order chi connectivity index (χ1) is 4.73. The van der Waals surface area contributed by atoms with Crippen LogP contribution in [0.25, 0.3) is 0 Å². The van der Waals surface area contributed by atoms with Crippen LogP contribution in [0.1, 0.15) is 39.0 Å². The van der Waals surface area contributed by atoms with Crippen molar-refractivity contribution in [3.63, 3.8) is 0 Å². The lowest BCUT2D eigenvalue weighted by molar-refractivity contribution is 0.220. The standard InChI is InChI=1S/C10H17/c1-8(2)10-5-3-9(7-10)4-6-10/h8-9H,1,3-7H2,2H3. The van der Waals surface area contributed by atoms with Crippen LogP contribution in [-0.4, -0.2) is 0 Å². The Morgan fingerprint density at radius 2 is 2.00 bits per heavy atom. The number of hydrogen-bond acceptors (Lipinski definition) is 0. The summed E-state index contributed by atoms with van der Waals surface area (Å²) in [6, 6.07) is 0. The van der Waals surface area contributed by atoms with E-state index in [2.05, 4.69) is 13.8 Å². The fourth-order valence-corrected chi connectivity index (χ4v) is 2.93. The molecule has 0 nitrogen and oxygen atoms in total. The first-order valence-electron chi connectivity index (χ1n) is 4.56. The predicted molar refractivity (Wildman–Crippen MR) is 43.5 cm³/mol. The monoisotopic (exact) mass is 137 g/mol. The highest BCUT2D eigenvalue weighted by Crippen LogP contribution is 2.57. The summed E-state index contributed by atoms with van der Waals surface area (Å²) in [4.78, 5) is 0. The summed E-state index contributed by atoms with van der Waals surface area (Å²) in [7, 11) is 0. The Morgan fingerprint density at radius 3 is 2.20 bits per heavy atom. The Labute approximate surface area is 64.0 Å². The van der Waals surface area contributed by atoms with Crippen LogP contribution in [0.3, 0.4) is 0 Å². The van der Waals surface area contributed by atoms with E-state index in [1.54, 1.807) is 0 Å². The summed E-state index contributed by atoms with van der Waals surface area (Å²) in [6.45, 7) is 6.49. The van der Waals surface area contributed by atoms with Crippen LogP contribution in [0.15, 0.2) is 0 Å². The van der Waals surface area contributed by atoms with Crippen LogP contribution >= 0.6 is 0 Å². The van der Waals surface area contributed by atoms with E-state index < -0.39 is 0 Å². The minimum Gasteiger partial charge on any atom is -0.0620 e. The fourth-order valence-electron chi connectivity index (χ4n) is 2.93. The fraction of sp³-hybridized carbons (Fsp3) is 0.900. The zero-order valence-corrected chi connectivity index (χ0v) is 6.90.